The average molecular weight is 138 g/mol. The second-order valence-corrected chi connectivity index (χ2v) is 3.31. The number of rotatable bonds is 0. The first kappa shape index (κ1) is 5.30. The van der Waals surface area contributed by atoms with E-state index in [1.165, 1.54) is 0 Å². The Hall–Kier alpha value is -0.500. The van der Waals surface area contributed by atoms with Crippen molar-refractivity contribution in [3.8, 4) is 0 Å². The summed E-state index contributed by atoms with van der Waals surface area (Å²) in [7, 11) is 0. The molecule has 0 saturated carbocycles. The van der Waals surface area contributed by atoms with E-state index in [2.05, 4.69) is 0 Å². The standard InChI is InChI=1S/C7H6OS/c8-6-1-2-7-5(6)3-4-9-7/h1-3,7H,4H2. The van der Waals surface area contributed by atoms with Gasteiger partial charge in [0, 0.05) is 11.3 Å². The molecular weight excluding hydrogens is 132 g/mol. The van der Waals surface area contributed by atoms with Crippen LogP contribution in [0.15, 0.2) is 23.8 Å². The predicted octanol–water partition coefficient (Wildman–Crippen LogP) is 1.17. The van der Waals surface area contributed by atoms with E-state index < -0.39 is 0 Å². The topological polar surface area (TPSA) is 17.1 Å². The molecule has 0 bridgehead atoms. The van der Waals surface area contributed by atoms with E-state index in [9.17, 15) is 4.79 Å². The molecule has 2 rings (SSSR count). The molecule has 0 fully saturated rings. The van der Waals surface area contributed by atoms with Crippen LogP contribution in [0.4, 0.5) is 0 Å². The molecule has 1 aliphatic carbocycles. The Morgan fingerprint density at radius 2 is 2.56 bits per heavy atom. The zero-order chi connectivity index (χ0) is 6.27. The maximum atomic E-state index is 10.9. The Morgan fingerprint density at radius 1 is 1.67 bits per heavy atom. The Kier molecular flexibility index (Phi) is 1.02. The van der Waals surface area contributed by atoms with Gasteiger partial charge in [0.25, 0.3) is 0 Å². The monoisotopic (exact) mass is 138 g/mol. The first-order chi connectivity index (χ1) is 4.38. The molecule has 1 nitrogen and oxygen atoms in total. The lowest BCUT2D eigenvalue weighted by Gasteiger charge is -1.96. The van der Waals surface area contributed by atoms with Gasteiger partial charge in [0.05, 0.1) is 5.25 Å². The van der Waals surface area contributed by atoms with Gasteiger partial charge in [-0.25, -0.2) is 0 Å². The first-order valence-electron chi connectivity index (χ1n) is 2.92. The third kappa shape index (κ3) is 0.663. The number of fused-ring (bicyclic) bond motifs is 1. The lowest BCUT2D eigenvalue weighted by molar-refractivity contribution is -0.111. The molecule has 0 radical (unpaired) electrons. The van der Waals surface area contributed by atoms with Crippen LogP contribution in [0.5, 0.6) is 0 Å². The van der Waals surface area contributed by atoms with E-state index in [1.807, 2.05) is 23.9 Å². The summed E-state index contributed by atoms with van der Waals surface area (Å²) in [6, 6.07) is 0. The number of hydrogen-bond acceptors (Lipinski definition) is 2. The quantitative estimate of drug-likeness (QED) is 0.499. The normalized spacial score (nSPS) is 30.9. The number of carbonyl (C=O) groups is 1. The van der Waals surface area contributed by atoms with Gasteiger partial charge in [0.2, 0.25) is 0 Å². The van der Waals surface area contributed by atoms with Crippen LogP contribution in [-0.4, -0.2) is 16.8 Å². The summed E-state index contributed by atoms with van der Waals surface area (Å²) in [6.07, 6.45) is 5.67. The van der Waals surface area contributed by atoms with Gasteiger partial charge < -0.3 is 0 Å². The summed E-state index contributed by atoms with van der Waals surface area (Å²) in [4.78, 5) is 10.9. The number of thioether (sulfide) groups is 1. The van der Waals surface area contributed by atoms with Crippen LogP contribution in [0, 0.1) is 0 Å². The first-order valence-corrected chi connectivity index (χ1v) is 3.97. The summed E-state index contributed by atoms with van der Waals surface area (Å²) < 4.78 is 0. The van der Waals surface area contributed by atoms with E-state index in [-0.39, 0.29) is 5.78 Å². The molecule has 0 N–H and O–H groups in total. The molecule has 0 aromatic carbocycles. The summed E-state index contributed by atoms with van der Waals surface area (Å²) in [6.45, 7) is 0. The summed E-state index contributed by atoms with van der Waals surface area (Å²) in [5, 5.41) is 0.400. The van der Waals surface area contributed by atoms with Gasteiger partial charge >= 0.3 is 0 Å². The van der Waals surface area contributed by atoms with Crippen molar-refractivity contribution in [1.82, 2.24) is 0 Å². The fourth-order valence-corrected chi connectivity index (χ4v) is 2.18. The maximum absolute atomic E-state index is 10.9. The van der Waals surface area contributed by atoms with Gasteiger partial charge in [0.1, 0.15) is 0 Å². The van der Waals surface area contributed by atoms with Crippen LogP contribution in [0.3, 0.4) is 0 Å². The maximum Gasteiger partial charge on any atom is 0.182 e. The van der Waals surface area contributed by atoms with Gasteiger partial charge in [-0.1, -0.05) is 12.2 Å². The van der Waals surface area contributed by atoms with E-state index in [4.69, 9.17) is 0 Å². The van der Waals surface area contributed by atoms with Crippen molar-refractivity contribution in [2.75, 3.05) is 5.75 Å². The van der Waals surface area contributed by atoms with Crippen molar-refractivity contribution in [3.05, 3.63) is 23.8 Å². The number of ketones is 1. The van der Waals surface area contributed by atoms with Crippen LogP contribution < -0.4 is 0 Å². The van der Waals surface area contributed by atoms with Crippen molar-refractivity contribution < 1.29 is 4.79 Å². The van der Waals surface area contributed by atoms with Crippen molar-refractivity contribution in [1.29, 1.82) is 0 Å². The van der Waals surface area contributed by atoms with Crippen LogP contribution >= 0.6 is 11.8 Å². The number of allylic oxidation sites excluding steroid dienone is 1. The molecule has 0 saturated heterocycles. The third-order valence-electron chi connectivity index (χ3n) is 1.59. The molecule has 0 amide bonds. The molecule has 0 aromatic rings. The molecule has 1 heterocycles. The van der Waals surface area contributed by atoms with Crippen molar-refractivity contribution in [3.63, 3.8) is 0 Å². The largest absolute Gasteiger partial charge is 0.290 e. The van der Waals surface area contributed by atoms with Crippen LogP contribution in [-0.2, 0) is 4.79 Å². The highest BCUT2D eigenvalue weighted by atomic mass is 32.2. The predicted molar refractivity (Wildman–Crippen MR) is 38.5 cm³/mol. The van der Waals surface area contributed by atoms with Gasteiger partial charge in [-0.3, -0.25) is 4.79 Å². The lowest BCUT2D eigenvalue weighted by atomic mass is 10.2. The molecule has 1 unspecified atom stereocenters. The summed E-state index contributed by atoms with van der Waals surface area (Å²) >= 11 is 1.82. The molecule has 2 heteroatoms. The third-order valence-corrected chi connectivity index (χ3v) is 2.72. The van der Waals surface area contributed by atoms with Crippen LogP contribution in [0.2, 0.25) is 0 Å². The Labute approximate surface area is 57.8 Å². The van der Waals surface area contributed by atoms with Crippen LogP contribution in [0.25, 0.3) is 0 Å². The molecule has 1 atom stereocenters. The zero-order valence-corrected chi connectivity index (χ0v) is 5.65. The minimum atomic E-state index is 0.213. The van der Waals surface area contributed by atoms with E-state index in [0.29, 0.717) is 5.25 Å². The van der Waals surface area contributed by atoms with Gasteiger partial charge in [0.15, 0.2) is 5.78 Å². The second-order valence-electron chi connectivity index (χ2n) is 2.14. The van der Waals surface area contributed by atoms with Crippen molar-refractivity contribution >= 4 is 17.5 Å². The molecule has 0 aromatic heterocycles. The fraction of sp³-hybridized carbons (Fsp3) is 0.286. The average Bonchev–Trinajstić information content (AvgIpc) is 2.35. The van der Waals surface area contributed by atoms with Crippen LogP contribution in [0.1, 0.15) is 0 Å². The molecule has 1 aliphatic heterocycles. The van der Waals surface area contributed by atoms with Gasteiger partial charge in [-0.05, 0) is 6.08 Å². The van der Waals surface area contributed by atoms with Crippen molar-refractivity contribution in [2.45, 2.75) is 5.25 Å². The molecule has 46 valence electrons. The fourth-order valence-electron chi connectivity index (χ4n) is 1.12. The van der Waals surface area contributed by atoms with E-state index >= 15 is 0 Å². The summed E-state index contributed by atoms with van der Waals surface area (Å²) in [5.74, 6) is 1.22. The van der Waals surface area contributed by atoms with E-state index in [0.717, 1.165) is 11.3 Å². The second kappa shape index (κ2) is 1.74. The molecular formula is C7H6OS. The van der Waals surface area contributed by atoms with E-state index in [1.54, 1.807) is 6.08 Å². The highest BCUT2D eigenvalue weighted by Crippen LogP contribution is 2.32. The van der Waals surface area contributed by atoms with Crippen molar-refractivity contribution in [2.24, 2.45) is 0 Å². The highest BCUT2D eigenvalue weighted by molar-refractivity contribution is 8.00. The minimum Gasteiger partial charge on any atom is -0.290 e. The molecule has 0 spiro atoms. The Bertz CT molecular complexity index is 215. The highest BCUT2D eigenvalue weighted by Gasteiger charge is 2.26. The molecule has 2 aliphatic rings. The van der Waals surface area contributed by atoms with Gasteiger partial charge in [-0.2, -0.15) is 0 Å². The smallest absolute Gasteiger partial charge is 0.182 e. The SMILES string of the molecule is O=C1C=CC2SCC=C12. The van der Waals surface area contributed by atoms with Gasteiger partial charge in [-0.15, -0.1) is 11.8 Å². The zero-order valence-electron chi connectivity index (χ0n) is 4.83. The number of hydrogen-bond donors (Lipinski definition) is 0. The Balaban J connectivity index is 2.40. The lowest BCUT2D eigenvalue weighted by Crippen LogP contribution is -1.98. The Morgan fingerprint density at radius 3 is 3.33 bits per heavy atom. The summed E-state index contributed by atoms with van der Waals surface area (Å²) in [5.41, 5.74) is 1.00. The minimum absolute atomic E-state index is 0.213. The number of carbonyl (C=O) groups excluding carboxylic acids is 1. The molecule has 9 heavy (non-hydrogen) atoms.